The van der Waals surface area contributed by atoms with Crippen molar-refractivity contribution in [3.8, 4) is 11.5 Å². The van der Waals surface area contributed by atoms with Gasteiger partial charge in [0.05, 0.1) is 25.3 Å². The third-order valence-electron chi connectivity index (χ3n) is 2.24. The summed E-state index contributed by atoms with van der Waals surface area (Å²) in [4.78, 5) is 12.0. The zero-order valence-electron chi connectivity index (χ0n) is 10.0. The van der Waals surface area contributed by atoms with Crippen LogP contribution in [-0.4, -0.2) is 25.5 Å². The maximum absolute atomic E-state index is 12.0. The zero-order chi connectivity index (χ0) is 12.3. The van der Waals surface area contributed by atoms with Gasteiger partial charge < -0.3 is 15.2 Å². The van der Waals surface area contributed by atoms with Gasteiger partial charge in [0.25, 0.3) is 0 Å². The summed E-state index contributed by atoms with van der Waals surface area (Å²) in [5.74, 6) is 0.957. The van der Waals surface area contributed by atoms with Crippen LogP contribution in [0.1, 0.15) is 24.2 Å². The molecule has 0 atom stereocenters. The summed E-state index contributed by atoms with van der Waals surface area (Å²) in [6, 6.07) is 5.04. The number of rotatable bonds is 4. The fourth-order valence-corrected chi connectivity index (χ4v) is 1.33. The van der Waals surface area contributed by atoms with Crippen LogP contribution in [0.2, 0.25) is 0 Å². The van der Waals surface area contributed by atoms with Gasteiger partial charge in [-0.15, -0.1) is 0 Å². The summed E-state index contributed by atoms with van der Waals surface area (Å²) >= 11 is 0. The molecule has 4 heteroatoms. The number of ketones is 1. The molecular formula is C12H17NO3. The van der Waals surface area contributed by atoms with Gasteiger partial charge in [-0.25, -0.2) is 0 Å². The van der Waals surface area contributed by atoms with Gasteiger partial charge in [0.1, 0.15) is 11.5 Å². The van der Waals surface area contributed by atoms with Crippen molar-refractivity contribution in [1.82, 2.24) is 0 Å². The largest absolute Gasteiger partial charge is 0.497 e. The van der Waals surface area contributed by atoms with Gasteiger partial charge in [-0.1, -0.05) is 0 Å². The Morgan fingerprint density at radius 2 is 1.88 bits per heavy atom. The van der Waals surface area contributed by atoms with Gasteiger partial charge in [-0.05, 0) is 26.0 Å². The first-order valence-corrected chi connectivity index (χ1v) is 4.96. The van der Waals surface area contributed by atoms with Crippen molar-refractivity contribution in [2.24, 2.45) is 5.73 Å². The lowest BCUT2D eigenvalue weighted by Gasteiger charge is -2.18. The number of ether oxygens (including phenoxy) is 2. The minimum Gasteiger partial charge on any atom is -0.497 e. The minimum atomic E-state index is -0.915. The minimum absolute atomic E-state index is 0.160. The van der Waals surface area contributed by atoms with Crippen LogP contribution in [0.15, 0.2) is 18.2 Å². The van der Waals surface area contributed by atoms with E-state index in [4.69, 9.17) is 15.2 Å². The quantitative estimate of drug-likeness (QED) is 0.788. The topological polar surface area (TPSA) is 61.5 Å². The van der Waals surface area contributed by atoms with Crippen molar-refractivity contribution in [3.05, 3.63) is 23.8 Å². The van der Waals surface area contributed by atoms with E-state index < -0.39 is 5.54 Å². The fourth-order valence-electron chi connectivity index (χ4n) is 1.33. The second-order valence-electron chi connectivity index (χ2n) is 4.12. The van der Waals surface area contributed by atoms with Gasteiger partial charge in [-0.3, -0.25) is 4.79 Å². The highest BCUT2D eigenvalue weighted by Gasteiger charge is 2.26. The van der Waals surface area contributed by atoms with Gasteiger partial charge in [-0.2, -0.15) is 0 Å². The van der Waals surface area contributed by atoms with E-state index in [2.05, 4.69) is 0 Å². The van der Waals surface area contributed by atoms with Crippen LogP contribution >= 0.6 is 0 Å². The lowest BCUT2D eigenvalue weighted by molar-refractivity contribution is 0.0910. The molecule has 0 bridgehead atoms. The Balaban J connectivity index is 3.19. The van der Waals surface area contributed by atoms with Crippen LogP contribution in [0.5, 0.6) is 11.5 Å². The molecule has 0 aliphatic carbocycles. The van der Waals surface area contributed by atoms with Crippen LogP contribution in [0.4, 0.5) is 0 Å². The molecule has 0 saturated heterocycles. The van der Waals surface area contributed by atoms with Crippen molar-refractivity contribution >= 4 is 5.78 Å². The molecule has 0 aliphatic rings. The SMILES string of the molecule is COc1ccc(C(=O)C(C)(C)N)c(OC)c1. The molecule has 0 saturated carbocycles. The number of carbonyl (C=O) groups is 1. The summed E-state index contributed by atoms with van der Waals surface area (Å²) in [5.41, 5.74) is 5.32. The van der Waals surface area contributed by atoms with Crippen LogP contribution < -0.4 is 15.2 Å². The number of benzene rings is 1. The molecule has 88 valence electrons. The van der Waals surface area contributed by atoms with Crippen molar-refractivity contribution in [3.63, 3.8) is 0 Å². The Hall–Kier alpha value is -1.55. The first-order valence-electron chi connectivity index (χ1n) is 4.96. The van der Waals surface area contributed by atoms with Gasteiger partial charge in [0, 0.05) is 6.07 Å². The predicted molar refractivity (Wildman–Crippen MR) is 62.1 cm³/mol. The van der Waals surface area contributed by atoms with Crippen LogP contribution in [0, 0.1) is 0 Å². The molecule has 0 aliphatic heterocycles. The van der Waals surface area contributed by atoms with Crippen LogP contribution in [0.3, 0.4) is 0 Å². The number of methoxy groups -OCH3 is 2. The molecule has 0 heterocycles. The van der Waals surface area contributed by atoms with E-state index in [0.29, 0.717) is 17.1 Å². The molecule has 16 heavy (non-hydrogen) atoms. The van der Waals surface area contributed by atoms with Crippen LogP contribution in [-0.2, 0) is 0 Å². The molecule has 1 rings (SSSR count). The summed E-state index contributed by atoms with van der Waals surface area (Å²) < 4.78 is 10.2. The molecule has 0 spiro atoms. The number of hydrogen-bond acceptors (Lipinski definition) is 4. The van der Waals surface area contributed by atoms with Gasteiger partial charge >= 0.3 is 0 Å². The number of nitrogens with two attached hydrogens (primary N) is 1. The molecule has 4 nitrogen and oxygen atoms in total. The number of Topliss-reactive ketones (excluding diaryl/α,β-unsaturated/α-hetero) is 1. The van der Waals surface area contributed by atoms with Gasteiger partial charge in [0.2, 0.25) is 0 Å². The number of carbonyl (C=O) groups excluding carboxylic acids is 1. The summed E-state index contributed by atoms with van der Waals surface area (Å²) in [6.45, 7) is 3.33. The molecule has 0 fully saturated rings. The zero-order valence-corrected chi connectivity index (χ0v) is 10.0. The first kappa shape index (κ1) is 12.5. The highest BCUT2D eigenvalue weighted by Crippen LogP contribution is 2.26. The molecule has 0 aromatic heterocycles. The Bertz CT molecular complexity index is 394. The average Bonchev–Trinajstić information content (AvgIpc) is 2.26. The monoisotopic (exact) mass is 223 g/mol. The van der Waals surface area contributed by atoms with Crippen molar-refractivity contribution < 1.29 is 14.3 Å². The van der Waals surface area contributed by atoms with Crippen molar-refractivity contribution in [2.75, 3.05) is 14.2 Å². The number of hydrogen-bond donors (Lipinski definition) is 1. The maximum Gasteiger partial charge on any atom is 0.185 e. The summed E-state index contributed by atoms with van der Waals surface area (Å²) in [5, 5.41) is 0. The van der Waals surface area contributed by atoms with E-state index in [1.165, 1.54) is 7.11 Å². The van der Waals surface area contributed by atoms with E-state index in [1.54, 1.807) is 39.2 Å². The van der Waals surface area contributed by atoms with Crippen LogP contribution in [0.25, 0.3) is 0 Å². The molecule has 1 aromatic rings. The van der Waals surface area contributed by atoms with E-state index in [1.807, 2.05) is 0 Å². The standard InChI is InChI=1S/C12H17NO3/c1-12(2,13)11(14)9-6-5-8(15-3)7-10(9)16-4/h5-7H,13H2,1-4H3. The fraction of sp³-hybridized carbons (Fsp3) is 0.417. The Morgan fingerprint density at radius 1 is 1.25 bits per heavy atom. The molecule has 0 unspecified atom stereocenters. The summed E-state index contributed by atoms with van der Waals surface area (Å²) in [7, 11) is 3.07. The highest BCUT2D eigenvalue weighted by atomic mass is 16.5. The van der Waals surface area contributed by atoms with E-state index in [-0.39, 0.29) is 5.78 Å². The third kappa shape index (κ3) is 2.52. The van der Waals surface area contributed by atoms with Gasteiger partial charge in [0.15, 0.2) is 5.78 Å². The first-order chi connectivity index (χ1) is 7.40. The van der Waals surface area contributed by atoms with Crippen molar-refractivity contribution in [2.45, 2.75) is 19.4 Å². The Labute approximate surface area is 95.3 Å². The third-order valence-corrected chi connectivity index (χ3v) is 2.24. The van der Waals surface area contributed by atoms with E-state index in [0.717, 1.165) is 0 Å². The maximum atomic E-state index is 12.0. The van der Waals surface area contributed by atoms with E-state index >= 15 is 0 Å². The predicted octanol–water partition coefficient (Wildman–Crippen LogP) is 1.62. The molecule has 2 N–H and O–H groups in total. The molecule has 0 radical (unpaired) electrons. The average molecular weight is 223 g/mol. The smallest absolute Gasteiger partial charge is 0.185 e. The normalized spacial score (nSPS) is 11.1. The second-order valence-corrected chi connectivity index (χ2v) is 4.12. The van der Waals surface area contributed by atoms with E-state index in [9.17, 15) is 4.79 Å². The summed E-state index contributed by atoms with van der Waals surface area (Å²) in [6.07, 6.45) is 0. The molecule has 0 amide bonds. The Kier molecular flexibility index (Phi) is 3.55. The second kappa shape index (κ2) is 4.53. The lowest BCUT2D eigenvalue weighted by atomic mass is 9.94. The molecular weight excluding hydrogens is 206 g/mol. The molecule has 1 aromatic carbocycles. The van der Waals surface area contributed by atoms with Crippen molar-refractivity contribution in [1.29, 1.82) is 0 Å². The lowest BCUT2D eigenvalue weighted by Crippen LogP contribution is -2.41. The highest BCUT2D eigenvalue weighted by molar-refractivity contribution is 6.04. The Morgan fingerprint density at radius 3 is 2.31 bits per heavy atom.